The maximum absolute atomic E-state index is 13.3. The molecule has 0 amide bonds. The topological polar surface area (TPSA) is 46.2 Å². The largest absolute Gasteiger partial charge is 0.394 e. The van der Waals surface area contributed by atoms with E-state index in [1.54, 1.807) is 0 Å². The highest BCUT2D eigenvalue weighted by Gasteiger charge is 2.25. The van der Waals surface area contributed by atoms with Crippen molar-refractivity contribution in [2.45, 2.75) is 12.5 Å². The fourth-order valence-corrected chi connectivity index (χ4v) is 1.20. The van der Waals surface area contributed by atoms with Crippen LogP contribution in [-0.2, 0) is 5.54 Å². The predicted octanol–water partition coefficient (Wildman–Crippen LogP) is 1.78. The van der Waals surface area contributed by atoms with Crippen LogP contribution in [0.1, 0.15) is 12.5 Å². The fourth-order valence-electron chi connectivity index (χ4n) is 1.05. The second-order valence-electron chi connectivity index (χ2n) is 3.32. The summed E-state index contributed by atoms with van der Waals surface area (Å²) in [5.74, 6) is -1.48. The Kier molecular flexibility index (Phi) is 3.09. The molecule has 0 aliphatic heterocycles. The minimum Gasteiger partial charge on any atom is -0.394 e. The standard InChI is InChI=1S/C9H10ClF2NO/c1-9(13,4-14)5-2-8(12)6(10)3-7(5)11/h2-3,14H,4,13H2,1H3. The second kappa shape index (κ2) is 3.81. The van der Waals surface area contributed by atoms with Crippen molar-refractivity contribution in [1.82, 2.24) is 0 Å². The number of aliphatic hydroxyl groups is 1. The molecule has 1 unspecified atom stereocenters. The molecule has 0 saturated heterocycles. The molecule has 0 spiro atoms. The van der Waals surface area contributed by atoms with Gasteiger partial charge in [0.1, 0.15) is 11.6 Å². The van der Waals surface area contributed by atoms with Gasteiger partial charge in [-0.25, -0.2) is 8.78 Å². The molecule has 2 nitrogen and oxygen atoms in total. The van der Waals surface area contributed by atoms with Gasteiger partial charge in [0.2, 0.25) is 0 Å². The van der Waals surface area contributed by atoms with Gasteiger partial charge in [0.15, 0.2) is 0 Å². The third kappa shape index (κ3) is 2.03. The highest BCUT2D eigenvalue weighted by molar-refractivity contribution is 6.30. The molecule has 0 fully saturated rings. The van der Waals surface area contributed by atoms with E-state index in [0.29, 0.717) is 0 Å². The summed E-state index contributed by atoms with van der Waals surface area (Å²) in [6, 6.07) is 1.74. The Bertz CT molecular complexity index is 355. The molecule has 0 saturated carbocycles. The van der Waals surface area contributed by atoms with Crippen LogP contribution in [0.5, 0.6) is 0 Å². The lowest BCUT2D eigenvalue weighted by Gasteiger charge is -2.22. The van der Waals surface area contributed by atoms with E-state index < -0.39 is 23.8 Å². The molecule has 1 atom stereocenters. The molecule has 0 heterocycles. The van der Waals surface area contributed by atoms with Crippen LogP contribution in [0.2, 0.25) is 5.02 Å². The van der Waals surface area contributed by atoms with Gasteiger partial charge < -0.3 is 10.8 Å². The van der Waals surface area contributed by atoms with Gasteiger partial charge in [-0.3, -0.25) is 0 Å². The minimum atomic E-state index is -1.31. The summed E-state index contributed by atoms with van der Waals surface area (Å²) < 4.78 is 26.3. The zero-order valence-corrected chi connectivity index (χ0v) is 8.28. The minimum absolute atomic E-state index is 0.0955. The fraction of sp³-hybridized carbons (Fsp3) is 0.333. The van der Waals surface area contributed by atoms with Crippen molar-refractivity contribution in [2.75, 3.05) is 6.61 Å². The van der Waals surface area contributed by atoms with Crippen LogP contribution >= 0.6 is 11.6 Å². The molecule has 78 valence electrons. The Hall–Kier alpha value is -0.710. The lowest BCUT2D eigenvalue weighted by Crippen LogP contribution is -2.38. The van der Waals surface area contributed by atoms with Gasteiger partial charge in [-0.05, 0) is 19.1 Å². The van der Waals surface area contributed by atoms with E-state index >= 15 is 0 Å². The molecule has 1 aromatic rings. The van der Waals surface area contributed by atoms with Gasteiger partial charge in [0.25, 0.3) is 0 Å². The molecule has 3 N–H and O–H groups in total. The van der Waals surface area contributed by atoms with Crippen molar-refractivity contribution in [1.29, 1.82) is 0 Å². The SMILES string of the molecule is CC(N)(CO)c1cc(F)c(Cl)cc1F. The van der Waals surface area contributed by atoms with Gasteiger partial charge in [-0.1, -0.05) is 11.6 Å². The first-order valence-corrected chi connectivity index (χ1v) is 4.31. The first-order valence-electron chi connectivity index (χ1n) is 3.93. The number of rotatable bonds is 2. The number of aliphatic hydroxyl groups excluding tert-OH is 1. The lowest BCUT2D eigenvalue weighted by atomic mass is 9.93. The molecule has 0 bridgehead atoms. The maximum atomic E-state index is 13.3. The van der Waals surface area contributed by atoms with Gasteiger partial charge in [0, 0.05) is 5.56 Å². The summed E-state index contributed by atoms with van der Waals surface area (Å²) >= 11 is 5.36. The van der Waals surface area contributed by atoms with Crippen molar-refractivity contribution in [3.63, 3.8) is 0 Å². The highest BCUT2D eigenvalue weighted by atomic mass is 35.5. The number of benzene rings is 1. The molecule has 1 rings (SSSR count). The van der Waals surface area contributed by atoms with Crippen LogP contribution < -0.4 is 5.73 Å². The summed E-state index contributed by atoms with van der Waals surface area (Å²) in [5.41, 5.74) is 4.15. The molecule has 0 aromatic heterocycles. The van der Waals surface area contributed by atoms with Crippen molar-refractivity contribution < 1.29 is 13.9 Å². The third-order valence-electron chi connectivity index (χ3n) is 1.95. The number of hydrogen-bond acceptors (Lipinski definition) is 2. The average Bonchev–Trinajstić information content (AvgIpc) is 2.11. The van der Waals surface area contributed by atoms with Crippen molar-refractivity contribution in [3.05, 3.63) is 34.4 Å². The Morgan fingerprint density at radius 1 is 1.43 bits per heavy atom. The Morgan fingerprint density at radius 3 is 2.50 bits per heavy atom. The zero-order valence-electron chi connectivity index (χ0n) is 7.52. The maximum Gasteiger partial charge on any atom is 0.142 e. The van der Waals surface area contributed by atoms with E-state index in [2.05, 4.69) is 0 Å². The van der Waals surface area contributed by atoms with Gasteiger partial charge in [-0.2, -0.15) is 0 Å². The summed E-state index contributed by atoms with van der Waals surface area (Å²) in [4.78, 5) is 0. The monoisotopic (exact) mass is 221 g/mol. The van der Waals surface area contributed by atoms with Crippen LogP contribution in [0.3, 0.4) is 0 Å². The molecular formula is C9H10ClF2NO. The Balaban J connectivity index is 3.29. The van der Waals surface area contributed by atoms with Crippen molar-refractivity contribution >= 4 is 11.6 Å². The molecule has 1 aromatic carbocycles. The van der Waals surface area contributed by atoms with Crippen LogP contribution in [0.15, 0.2) is 12.1 Å². The third-order valence-corrected chi connectivity index (χ3v) is 2.24. The molecular weight excluding hydrogens is 212 g/mol. The van der Waals surface area contributed by atoms with Crippen LogP contribution in [0.4, 0.5) is 8.78 Å². The summed E-state index contributed by atoms with van der Waals surface area (Å²) in [5, 5.41) is 8.58. The molecule has 14 heavy (non-hydrogen) atoms. The quantitative estimate of drug-likeness (QED) is 0.748. The highest BCUT2D eigenvalue weighted by Crippen LogP contribution is 2.25. The van der Waals surface area contributed by atoms with Gasteiger partial charge in [0.05, 0.1) is 17.2 Å². The summed E-state index contributed by atoms with van der Waals surface area (Å²) in [6.45, 7) is 0.920. The number of halogens is 3. The molecule has 5 heteroatoms. The Morgan fingerprint density at radius 2 is 2.00 bits per heavy atom. The van der Waals surface area contributed by atoms with E-state index in [1.807, 2.05) is 0 Å². The van der Waals surface area contributed by atoms with Crippen LogP contribution in [0, 0.1) is 11.6 Å². The average molecular weight is 222 g/mol. The summed E-state index contributed by atoms with van der Waals surface area (Å²) in [6.07, 6.45) is 0. The lowest BCUT2D eigenvalue weighted by molar-refractivity contribution is 0.206. The van der Waals surface area contributed by atoms with E-state index in [0.717, 1.165) is 12.1 Å². The van der Waals surface area contributed by atoms with Crippen LogP contribution in [-0.4, -0.2) is 11.7 Å². The van der Waals surface area contributed by atoms with Crippen molar-refractivity contribution in [2.24, 2.45) is 5.73 Å². The second-order valence-corrected chi connectivity index (χ2v) is 3.73. The molecule has 0 aliphatic rings. The zero-order chi connectivity index (χ0) is 10.9. The van der Waals surface area contributed by atoms with Crippen molar-refractivity contribution in [3.8, 4) is 0 Å². The van der Waals surface area contributed by atoms with E-state index in [4.69, 9.17) is 22.4 Å². The predicted molar refractivity (Wildman–Crippen MR) is 50.0 cm³/mol. The van der Waals surface area contributed by atoms with Gasteiger partial charge >= 0.3 is 0 Å². The first kappa shape index (κ1) is 11.4. The van der Waals surface area contributed by atoms with E-state index in [1.165, 1.54) is 6.92 Å². The smallest absolute Gasteiger partial charge is 0.142 e. The van der Waals surface area contributed by atoms with Gasteiger partial charge in [-0.15, -0.1) is 0 Å². The number of hydrogen-bond donors (Lipinski definition) is 2. The number of nitrogens with two attached hydrogens (primary N) is 1. The summed E-state index contributed by atoms with van der Waals surface area (Å²) in [7, 11) is 0. The molecule has 0 radical (unpaired) electrons. The van der Waals surface area contributed by atoms with Crippen LogP contribution in [0.25, 0.3) is 0 Å². The Labute approximate surface area is 85.3 Å². The van der Waals surface area contributed by atoms with E-state index in [9.17, 15) is 8.78 Å². The van der Waals surface area contributed by atoms with E-state index in [-0.39, 0.29) is 10.6 Å². The first-order chi connectivity index (χ1) is 6.38. The molecule has 0 aliphatic carbocycles. The normalized spacial score (nSPS) is 15.3.